The third-order valence-electron chi connectivity index (χ3n) is 2.81. The van der Waals surface area contributed by atoms with Gasteiger partial charge in [0.2, 0.25) is 0 Å². The maximum absolute atomic E-state index is 13.4. The Balaban J connectivity index is 2.27. The van der Waals surface area contributed by atoms with Gasteiger partial charge in [-0.2, -0.15) is 0 Å². The summed E-state index contributed by atoms with van der Waals surface area (Å²) in [6, 6.07) is 0. The van der Waals surface area contributed by atoms with Gasteiger partial charge < -0.3 is 5.32 Å². The van der Waals surface area contributed by atoms with Gasteiger partial charge in [-0.3, -0.25) is 0 Å². The van der Waals surface area contributed by atoms with E-state index in [2.05, 4.69) is 26.1 Å². The van der Waals surface area contributed by atoms with Gasteiger partial charge in [-0.1, -0.05) is 20.8 Å². The van der Waals surface area contributed by atoms with Gasteiger partial charge >= 0.3 is 0 Å². The van der Waals surface area contributed by atoms with Crippen LogP contribution in [0, 0.1) is 11.3 Å². The Labute approximate surface area is 81.1 Å². The molecule has 1 nitrogen and oxygen atoms in total. The van der Waals surface area contributed by atoms with E-state index in [4.69, 9.17) is 0 Å². The molecule has 0 saturated carbocycles. The molecule has 0 spiro atoms. The van der Waals surface area contributed by atoms with E-state index in [1.807, 2.05) is 0 Å². The van der Waals surface area contributed by atoms with E-state index >= 15 is 0 Å². The van der Waals surface area contributed by atoms with Gasteiger partial charge in [0, 0.05) is 6.54 Å². The van der Waals surface area contributed by atoms with E-state index in [9.17, 15) is 4.39 Å². The number of alkyl halides is 1. The SMILES string of the molecule is CC(C)(C)CCC1CCNC[C@H]1F. The van der Waals surface area contributed by atoms with Crippen molar-refractivity contribution in [1.29, 1.82) is 0 Å². The number of halogens is 1. The van der Waals surface area contributed by atoms with Crippen molar-refractivity contribution in [2.75, 3.05) is 13.1 Å². The molecule has 78 valence electrons. The molecule has 1 heterocycles. The lowest BCUT2D eigenvalue weighted by atomic mass is 9.83. The van der Waals surface area contributed by atoms with Crippen LogP contribution < -0.4 is 5.32 Å². The number of nitrogens with one attached hydrogen (secondary N) is 1. The fourth-order valence-electron chi connectivity index (χ4n) is 1.82. The molecule has 1 fully saturated rings. The van der Waals surface area contributed by atoms with E-state index in [1.54, 1.807) is 0 Å². The minimum absolute atomic E-state index is 0.306. The van der Waals surface area contributed by atoms with Crippen LogP contribution in [0.5, 0.6) is 0 Å². The molecule has 0 aromatic carbocycles. The Morgan fingerprint density at radius 2 is 2.08 bits per heavy atom. The molecule has 2 atom stereocenters. The van der Waals surface area contributed by atoms with Crippen molar-refractivity contribution in [3.8, 4) is 0 Å². The largest absolute Gasteiger partial charge is 0.314 e. The maximum atomic E-state index is 13.4. The average molecular weight is 187 g/mol. The highest BCUT2D eigenvalue weighted by molar-refractivity contribution is 4.79. The number of hydrogen-bond donors (Lipinski definition) is 1. The molecule has 1 saturated heterocycles. The maximum Gasteiger partial charge on any atom is 0.115 e. The first-order valence-corrected chi connectivity index (χ1v) is 5.34. The van der Waals surface area contributed by atoms with Crippen molar-refractivity contribution >= 4 is 0 Å². The second-order valence-electron chi connectivity index (χ2n) is 5.37. The van der Waals surface area contributed by atoms with Crippen molar-refractivity contribution in [2.45, 2.75) is 46.2 Å². The highest BCUT2D eigenvalue weighted by atomic mass is 19.1. The number of hydrogen-bond acceptors (Lipinski definition) is 1. The van der Waals surface area contributed by atoms with Crippen molar-refractivity contribution in [3.63, 3.8) is 0 Å². The van der Waals surface area contributed by atoms with Crippen LogP contribution in [0.1, 0.15) is 40.0 Å². The monoisotopic (exact) mass is 187 g/mol. The molecule has 0 aromatic rings. The van der Waals surface area contributed by atoms with Gasteiger partial charge in [0.15, 0.2) is 0 Å². The third-order valence-corrected chi connectivity index (χ3v) is 2.81. The van der Waals surface area contributed by atoms with Crippen LogP contribution >= 0.6 is 0 Å². The van der Waals surface area contributed by atoms with Crippen LogP contribution in [-0.4, -0.2) is 19.3 Å². The van der Waals surface area contributed by atoms with Crippen LogP contribution in [0.25, 0.3) is 0 Å². The summed E-state index contributed by atoms with van der Waals surface area (Å²) in [4.78, 5) is 0. The summed E-state index contributed by atoms with van der Waals surface area (Å²) in [5.74, 6) is 0.306. The molecule has 1 aliphatic heterocycles. The molecule has 1 aliphatic rings. The van der Waals surface area contributed by atoms with Gasteiger partial charge in [-0.25, -0.2) is 4.39 Å². The molecule has 13 heavy (non-hydrogen) atoms. The number of piperidine rings is 1. The van der Waals surface area contributed by atoms with E-state index in [-0.39, 0.29) is 0 Å². The Hall–Kier alpha value is -0.110. The number of rotatable bonds is 2. The molecule has 0 amide bonds. The molecule has 0 aliphatic carbocycles. The summed E-state index contributed by atoms with van der Waals surface area (Å²) in [7, 11) is 0. The van der Waals surface area contributed by atoms with Crippen molar-refractivity contribution < 1.29 is 4.39 Å². The van der Waals surface area contributed by atoms with E-state index in [0.717, 1.165) is 25.8 Å². The Morgan fingerprint density at radius 1 is 1.38 bits per heavy atom. The van der Waals surface area contributed by atoms with Gasteiger partial charge in [-0.15, -0.1) is 0 Å². The minimum Gasteiger partial charge on any atom is -0.314 e. The summed E-state index contributed by atoms with van der Waals surface area (Å²) < 4.78 is 13.4. The third kappa shape index (κ3) is 4.08. The molecule has 0 aromatic heterocycles. The van der Waals surface area contributed by atoms with E-state index < -0.39 is 6.17 Å². The molecule has 1 rings (SSSR count). The lowest BCUT2D eigenvalue weighted by Gasteiger charge is -2.29. The quantitative estimate of drug-likeness (QED) is 0.701. The summed E-state index contributed by atoms with van der Waals surface area (Å²) in [5, 5.41) is 3.09. The predicted octanol–water partition coefficient (Wildman–Crippen LogP) is 2.76. The Bertz CT molecular complexity index is 151. The van der Waals surface area contributed by atoms with Gasteiger partial charge in [-0.05, 0) is 37.1 Å². The van der Waals surface area contributed by atoms with E-state index in [1.165, 1.54) is 0 Å². The summed E-state index contributed by atoms with van der Waals surface area (Å²) in [6.07, 6.45) is 2.58. The van der Waals surface area contributed by atoms with Crippen LogP contribution in [0.3, 0.4) is 0 Å². The standard InChI is InChI=1S/C11H22FN/c1-11(2,3)6-4-9-5-7-13-8-10(9)12/h9-10,13H,4-8H2,1-3H3/t9?,10-/m1/s1. The fourth-order valence-corrected chi connectivity index (χ4v) is 1.82. The summed E-state index contributed by atoms with van der Waals surface area (Å²) >= 11 is 0. The summed E-state index contributed by atoms with van der Waals surface area (Å²) in [5.41, 5.74) is 0.352. The highest BCUT2D eigenvalue weighted by Gasteiger charge is 2.25. The highest BCUT2D eigenvalue weighted by Crippen LogP contribution is 2.28. The first kappa shape index (κ1) is 11.0. The first-order valence-electron chi connectivity index (χ1n) is 5.34. The molecule has 0 radical (unpaired) electrons. The fraction of sp³-hybridized carbons (Fsp3) is 1.00. The summed E-state index contributed by atoms with van der Waals surface area (Å²) in [6.45, 7) is 8.23. The van der Waals surface area contributed by atoms with Crippen molar-refractivity contribution in [2.24, 2.45) is 11.3 Å². The van der Waals surface area contributed by atoms with Crippen LogP contribution in [0.4, 0.5) is 4.39 Å². The molecular weight excluding hydrogens is 165 g/mol. The Kier molecular flexibility index (Phi) is 3.72. The van der Waals surface area contributed by atoms with E-state index in [0.29, 0.717) is 17.9 Å². The molecule has 1 N–H and O–H groups in total. The predicted molar refractivity (Wildman–Crippen MR) is 54.6 cm³/mol. The normalized spacial score (nSPS) is 30.5. The average Bonchev–Trinajstić information content (AvgIpc) is 2.01. The topological polar surface area (TPSA) is 12.0 Å². The zero-order valence-corrected chi connectivity index (χ0v) is 9.07. The van der Waals surface area contributed by atoms with Gasteiger partial charge in [0.1, 0.15) is 6.17 Å². The van der Waals surface area contributed by atoms with Gasteiger partial charge in [0.05, 0.1) is 0 Å². The smallest absolute Gasteiger partial charge is 0.115 e. The molecule has 0 bridgehead atoms. The van der Waals surface area contributed by atoms with Crippen LogP contribution in [0.15, 0.2) is 0 Å². The zero-order valence-electron chi connectivity index (χ0n) is 9.07. The van der Waals surface area contributed by atoms with Gasteiger partial charge in [0.25, 0.3) is 0 Å². The first-order chi connectivity index (χ1) is 5.99. The Morgan fingerprint density at radius 3 is 2.62 bits per heavy atom. The van der Waals surface area contributed by atoms with Crippen LogP contribution in [-0.2, 0) is 0 Å². The second kappa shape index (κ2) is 4.41. The lowest BCUT2D eigenvalue weighted by molar-refractivity contribution is 0.156. The molecular formula is C11H22FN. The molecule has 1 unspecified atom stereocenters. The second-order valence-corrected chi connectivity index (χ2v) is 5.37. The minimum atomic E-state index is -0.615. The van der Waals surface area contributed by atoms with Crippen LogP contribution in [0.2, 0.25) is 0 Å². The van der Waals surface area contributed by atoms with Crippen molar-refractivity contribution in [3.05, 3.63) is 0 Å². The molecule has 2 heteroatoms. The zero-order chi connectivity index (χ0) is 9.90. The van der Waals surface area contributed by atoms with Crippen molar-refractivity contribution in [1.82, 2.24) is 5.32 Å². The lowest BCUT2D eigenvalue weighted by Crippen LogP contribution is -2.38.